The summed E-state index contributed by atoms with van der Waals surface area (Å²) >= 11 is 0. The van der Waals surface area contributed by atoms with Crippen molar-refractivity contribution < 1.29 is 4.79 Å². The van der Waals surface area contributed by atoms with E-state index in [2.05, 4.69) is 19.1 Å². The molecule has 1 aromatic rings. The Kier molecular flexibility index (Phi) is 3.95. The van der Waals surface area contributed by atoms with Gasteiger partial charge in [-0.15, -0.1) is 0 Å². The van der Waals surface area contributed by atoms with Gasteiger partial charge >= 0.3 is 0 Å². The highest BCUT2D eigenvalue weighted by atomic mass is 16.1. The van der Waals surface area contributed by atoms with Crippen LogP contribution < -0.4 is 5.73 Å². The van der Waals surface area contributed by atoms with Gasteiger partial charge in [0.2, 0.25) is 0 Å². The molecule has 2 unspecified atom stereocenters. The van der Waals surface area contributed by atoms with E-state index >= 15 is 0 Å². The van der Waals surface area contributed by atoms with E-state index in [1.165, 1.54) is 5.56 Å². The van der Waals surface area contributed by atoms with Crippen LogP contribution in [0, 0.1) is 18.8 Å². The van der Waals surface area contributed by atoms with Gasteiger partial charge in [0.1, 0.15) is 5.78 Å². The maximum absolute atomic E-state index is 12.2. The average molecular weight is 231 g/mol. The van der Waals surface area contributed by atoms with Gasteiger partial charge in [-0.05, 0) is 37.8 Å². The summed E-state index contributed by atoms with van der Waals surface area (Å²) < 4.78 is 0. The molecular weight excluding hydrogens is 210 g/mol. The number of carbonyl (C=O) groups is 1. The van der Waals surface area contributed by atoms with E-state index in [0.29, 0.717) is 24.7 Å². The third-order valence-corrected chi connectivity index (χ3v) is 3.84. The Labute approximate surface area is 103 Å². The highest BCUT2D eigenvalue weighted by molar-refractivity contribution is 5.83. The van der Waals surface area contributed by atoms with Crippen LogP contribution in [0.4, 0.5) is 0 Å². The van der Waals surface area contributed by atoms with Crippen LogP contribution in [-0.2, 0) is 11.2 Å². The Morgan fingerprint density at radius 1 is 1.41 bits per heavy atom. The van der Waals surface area contributed by atoms with E-state index in [1.54, 1.807) is 0 Å². The Morgan fingerprint density at radius 2 is 2.24 bits per heavy atom. The minimum absolute atomic E-state index is 0.209. The van der Waals surface area contributed by atoms with Gasteiger partial charge in [-0.25, -0.2) is 0 Å². The van der Waals surface area contributed by atoms with Crippen molar-refractivity contribution in [3.05, 3.63) is 35.4 Å². The first-order valence-electron chi connectivity index (χ1n) is 6.49. The zero-order valence-corrected chi connectivity index (χ0v) is 10.5. The van der Waals surface area contributed by atoms with Gasteiger partial charge in [0.25, 0.3) is 0 Å². The zero-order valence-electron chi connectivity index (χ0n) is 10.5. The monoisotopic (exact) mass is 231 g/mol. The fraction of sp³-hybridized carbons (Fsp3) is 0.533. The summed E-state index contributed by atoms with van der Waals surface area (Å²) in [4.78, 5) is 12.2. The second-order valence-corrected chi connectivity index (χ2v) is 5.17. The minimum atomic E-state index is 0.209. The number of carbonyl (C=O) groups excluding carboxylic acids is 1. The van der Waals surface area contributed by atoms with Crippen LogP contribution in [0.2, 0.25) is 0 Å². The quantitative estimate of drug-likeness (QED) is 0.865. The van der Waals surface area contributed by atoms with Gasteiger partial charge < -0.3 is 5.73 Å². The molecule has 0 aromatic heterocycles. The summed E-state index contributed by atoms with van der Waals surface area (Å²) in [5.74, 6) is 1.01. The summed E-state index contributed by atoms with van der Waals surface area (Å²) in [7, 11) is 0. The van der Waals surface area contributed by atoms with Crippen LogP contribution in [0.1, 0.15) is 30.4 Å². The predicted octanol–water partition coefficient (Wildman–Crippen LogP) is 2.48. The second kappa shape index (κ2) is 5.46. The highest BCUT2D eigenvalue weighted by Gasteiger charge is 2.31. The van der Waals surface area contributed by atoms with Crippen molar-refractivity contribution in [3.8, 4) is 0 Å². The standard InChI is InChI=1S/C15H21NO/c1-11-4-2-5-12(8-11)9-15(17)14-7-3-6-13(14)10-16/h2,4-5,8,13-14H,3,6-7,9-10,16H2,1H3. The molecule has 0 bridgehead atoms. The van der Waals surface area contributed by atoms with E-state index in [-0.39, 0.29) is 5.92 Å². The van der Waals surface area contributed by atoms with E-state index in [4.69, 9.17) is 5.73 Å². The van der Waals surface area contributed by atoms with Crippen molar-refractivity contribution in [2.24, 2.45) is 17.6 Å². The Balaban J connectivity index is 2.01. The molecule has 2 N–H and O–H groups in total. The summed E-state index contributed by atoms with van der Waals surface area (Å²) in [6.45, 7) is 2.72. The fourth-order valence-electron chi connectivity index (χ4n) is 2.90. The molecule has 2 atom stereocenters. The number of hydrogen-bond donors (Lipinski definition) is 1. The minimum Gasteiger partial charge on any atom is -0.330 e. The molecular formula is C15H21NO. The molecule has 0 spiro atoms. The molecule has 2 nitrogen and oxygen atoms in total. The number of Topliss-reactive ketones (excluding diaryl/α,β-unsaturated/α-hetero) is 1. The first-order valence-corrected chi connectivity index (χ1v) is 6.49. The molecule has 0 aliphatic heterocycles. The third-order valence-electron chi connectivity index (χ3n) is 3.84. The number of rotatable bonds is 4. The van der Waals surface area contributed by atoms with Crippen molar-refractivity contribution in [1.29, 1.82) is 0 Å². The molecule has 0 amide bonds. The van der Waals surface area contributed by atoms with Crippen molar-refractivity contribution in [1.82, 2.24) is 0 Å². The maximum atomic E-state index is 12.2. The molecule has 0 saturated heterocycles. The van der Waals surface area contributed by atoms with Crippen LogP contribution in [0.15, 0.2) is 24.3 Å². The molecule has 1 saturated carbocycles. The topological polar surface area (TPSA) is 43.1 Å². The fourth-order valence-corrected chi connectivity index (χ4v) is 2.90. The molecule has 2 rings (SSSR count). The van der Waals surface area contributed by atoms with Gasteiger partial charge in [-0.3, -0.25) is 4.79 Å². The van der Waals surface area contributed by atoms with E-state index in [9.17, 15) is 4.79 Å². The smallest absolute Gasteiger partial charge is 0.140 e. The van der Waals surface area contributed by atoms with Crippen LogP contribution in [-0.4, -0.2) is 12.3 Å². The van der Waals surface area contributed by atoms with E-state index in [1.807, 2.05) is 12.1 Å². The van der Waals surface area contributed by atoms with Gasteiger partial charge in [-0.2, -0.15) is 0 Å². The summed E-state index contributed by atoms with van der Waals surface area (Å²) in [6, 6.07) is 8.22. The lowest BCUT2D eigenvalue weighted by Crippen LogP contribution is -2.26. The second-order valence-electron chi connectivity index (χ2n) is 5.17. The normalized spacial score (nSPS) is 23.9. The molecule has 1 fully saturated rings. The number of hydrogen-bond acceptors (Lipinski definition) is 2. The average Bonchev–Trinajstić information content (AvgIpc) is 2.77. The van der Waals surface area contributed by atoms with Gasteiger partial charge in [-0.1, -0.05) is 36.2 Å². The molecule has 0 radical (unpaired) electrons. The lowest BCUT2D eigenvalue weighted by atomic mass is 9.89. The number of benzene rings is 1. The van der Waals surface area contributed by atoms with Crippen molar-refractivity contribution in [2.75, 3.05) is 6.54 Å². The largest absolute Gasteiger partial charge is 0.330 e. The highest BCUT2D eigenvalue weighted by Crippen LogP contribution is 2.32. The van der Waals surface area contributed by atoms with Gasteiger partial charge in [0.05, 0.1) is 0 Å². The van der Waals surface area contributed by atoms with Gasteiger partial charge in [0.15, 0.2) is 0 Å². The lowest BCUT2D eigenvalue weighted by molar-refractivity contribution is -0.123. The third kappa shape index (κ3) is 2.95. The first kappa shape index (κ1) is 12.3. The van der Waals surface area contributed by atoms with E-state index < -0.39 is 0 Å². The molecule has 1 aromatic carbocycles. The molecule has 0 heterocycles. The molecule has 2 heteroatoms. The predicted molar refractivity (Wildman–Crippen MR) is 69.8 cm³/mol. The van der Waals surface area contributed by atoms with E-state index in [0.717, 1.165) is 24.8 Å². The number of nitrogens with two attached hydrogens (primary N) is 1. The molecule has 1 aliphatic rings. The van der Waals surface area contributed by atoms with Crippen LogP contribution in [0.5, 0.6) is 0 Å². The molecule has 17 heavy (non-hydrogen) atoms. The maximum Gasteiger partial charge on any atom is 0.140 e. The zero-order chi connectivity index (χ0) is 12.3. The van der Waals surface area contributed by atoms with Crippen molar-refractivity contribution >= 4 is 5.78 Å². The van der Waals surface area contributed by atoms with Crippen LogP contribution in [0.3, 0.4) is 0 Å². The number of aryl methyl sites for hydroxylation is 1. The Hall–Kier alpha value is -1.15. The summed E-state index contributed by atoms with van der Waals surface area (Å²) in [5.41, 5.74) is 8.08. The van der Waals surface area contributed by atoms with Crippen LogP contribution in [0.25, 0.3) is 0 Å². The summed E-state index contributed by atoms with van der Waals surface area (Å²) in [6.07, 6.45) is 3.89. The van der Waals surface area contributed by atoms with Crippen LogP contribution >= 0.6 is 0 Å². The molecule has 92 valence electrons. The first-order chi connectivity index (χ1) is 8.20. The molecule has 1 aliphatic carbocycles. The van der Waals surface area contributed by atoms with Gasteiger partial charge in [0, 0.05) is 12.3 Å². The number of ketones is 1. The lowest BCUT2D eigenvalue weighted by Gasteiger charge is -2.16. The SMILES string of the molecule is Cc1cccc(CC(=O)C2CCCC2CN)c1. The van der Waals surface area contributed by atoms with Crippen molar-refractivity contribution in [2.45, 2.75) is 32.6 Å². The Morgan fingerprint density at radius 3 is 2.94 bits per heavy atom. The summed E-state index contributed by atoms with van der Waals surface area (Å²) in [5, 5.41) is 0. The Bertz CT molecular complexity index is 400. The van der Waals surface area contributed by atoms with Crippen molar-refractivity contribution in [3.63, 3.8) is 0 Å².